The molecule has 0 bridgehead atoms. The van der Waals surface area contributed by atoms with Crippen LogP contribution in [0.2, 0.25) is 0 Å². The van der Waals surface area contributed by atoms with Crippen molar-refractivity contribution in [1.82, 2.24) is 9.55 Å². The smallest absolute Gasteiger partial charge is 0.269 e. The Labute approximate surface area is 126 Å². The highest BCUT2D eigenvalue weighted by molar-refractivity contribution is 5.87. The number of hydrogen-bond acceptors (Lipinski definition) is 4. The summed E-state index contributed by atoms with van der Waals surface area (Å²) in [5.41, 5.74) is -0.198. The van der Waals surface area contributed by atoms with Crippen LogP contribution in [0.3, 0.4) is 0 Å². The van der Waals surface area contributed by atoms with E-state index in [9.17, 15) is 9.59 Å². The average molecular weight is 296 g/mol. The van der Waals surface area contributed by atoms with E-state index in [1.54, 1.807) is 30.3 Å². The molecule has 0 aliphatic carbocycles. The number of benzene rings is 1. The van der Waals surface area contributed by atoms with Gasteiger partial charge in [-0.25, -0.2) is 0 Å². The van der Waals surface area contributed by atoms with E-state index in [2.05, 4.69) is 11.6 Å². The first-order chi connectivity index (χ1) is 10.5. The summed E-state index contributed by atoms with van der Waals surface area (Å²) < 4.78 is 7.16. The zero-order chi connectivity index (χ0) is 15.9. The van der Waals surface area contributed by atoms with Crippen LogP contribution < -0.4 is 11.0 Å². The first-order valence-corrected chi connectivity index (χ1v) is 7.11. The molecule has 0 aliphatic heterocycles. The second-order valence-corrected chi connectivity index (χ2v) is 5.44. The van der Waals surface area contributed by atoms with Gasteiger partial charge >= 0.3 is 0 Å². The fraction of sp³-hybridized carbons (Fsp3) is 0.235. The van der Waals surface area contributed by atoms with E-state index in [4.69, 9.17) is 4.42 Å². The summed E-state index contributed by atoms with van der Waals surface area (Å²) in [5.74, 6) is 0.602. The van der Waals surface area contributed by atoms with Gasteiger partial charge in [-0.2, -0.15) is 4.98 Å². The van der Waals surface area contributed by atoms with E-state index in [0.717, 1.165) is 0 Å². The minimum absolute atomic E-state index is 0.00931. The Morgan fingerprint density at radius 2 is 2.05 bits per heavy atom. The molecule has 0 N–H and O–H groups in total. The summed E-state index contributed by atoms with van der Waals surface area (Å²) in [4.78, 5) is 29.7. The molecule has 0 saturated carbocycles. The summed E-state index contributed by atoms with van der Waals surface area (Å²) in [6.45, 7) is 7.84. The zero-order valence-corrected chi connectivity index (χ0v) is 12.5. The largest absolute Gasteiger partial charge is 0.437 e. The topological polar surface area (TPSA) is 65.1 Å². The van der Waals surface area contributed by atoms with Crippen molar-refractivity contribution in [1.29, 1.82) is 0 Å². The first-order valence-electron chi connectivity index (χ1n) is 7.11. The Hall–Kier alpha value is -2.69. The van der Waals surface area contributed by atoms with Crippen LogP contribution in [0.15, 0.2) is 50.9 Å². The summed E-state index contributed by atoms with van der Waals surface area (Å²) in [7, 11) is 0. The Morgan fingerprint density at radius 3 is 2.73 bits per heavy atom. The molecule has 5 heteroatoms. The lowest BCUT2D eigenvalue weighted by atomic mass is 10.1. The molecule has 0 saturated heterocycles. The van der Waals surface area contributed by atoms with Gasteiger partial charge in [-0.05, 0) is 12.1 Å². The second kappa shape index (κ2) is 5.26. The van der Waals surface area contributed by atoms with E-state index in [1.807, 2.05) is 13.8 Å². The molecule has 2 heterocycles. The minimum Gasteiger partial charge on any atom is -0.437 e. The highest BCUT2D eigenvalue weighted by Gasteiger charge is 2.18. The van der Waals surface area contributed by atoms with E-state index in [1.165, 1.54) is 4.57 Å². The standard InChI is InChI=1S/C17H16N2O3/c1-4-9-19-15(10(2)3)18-16-13(17(19)21)14(20)11-7-5-6-8-12(11)22-16/h4-8,10H,1,9H2,2-3H3. The predicted octanol–water partition coefficient (Wildman–Crippen LogP) is 2.81. The zero-order valence-electron chi connectivity index (χ0n) is 12.5. The maximum absolute atomic E-state index is 12.7. The van der Waals surface area contributed by atoms with Crippen molar-refractivity contribution in [2.24, 2.45) is 0 Å². The van der Waals surface area contributed by atoms with Crippen LogP contribution in [-0.4, -0.2) is 9.55 Å². The third-order valence-corrected chi connectivity index (χ3v) is 3.56. The van der Waals surface area contributed by atoms with Crippen molar-refractivity contribution < 1.29 is 4.42 Å². The third-order valence-electron chi connectivity index (χ3n) is 3.56. The summed E-state index contributed by atoms with van der Waals surface area (Å²) >= 11 is 0. The minimum atomic E-state index is -0.381. The molecule has 0 fully saturated rings. The van der Waals surface area contributed by atoms with Crippen LogP contribution in [0.4, 0.5) is 0 Å². The Bertz CT molecular complexity index is 996. The number of rotatable bonds is 3. The molecule has 3 rings (SSSR count). The van der Waals surface area contributed by atoms with E-state index in [-0.39, 0.29) is 28.0 Å². The van der Waals surface area contributed by atoms with Gasteiger partial charge in [0.2, 0.25) is 11.1 Å². The van der Waals surface area contributed by atoms with Crippen LogP contribution in [0.1, 0.15) is 25.6 Å². The van der Waals surface area contributed by atoms with Gasteiger partial charge in [-0.1, -0.05) is 32.1 Å². The number of allylic oxidation sites excluding steroid dienone is 1. The number of fused-ring (bicyclic) bond motifs is 2. The number of aromatic nitrogens is 2. The van der Waals surface area contributed by atoms with E-state index < -0.39 is 0 Å². The molecular weight excluding hydrogens is 280 g/mol. The molecule has 0 unspecified atom stereocenters. The first kappa shape index (κ1) is 14.3. The van der Waals surface area contributed by atoms with Gasteiger partial charge in [0, 0.05) is 12.5 Å². The van der Waals surface area contributed by atoms with Gasteiger partial charge in [-0.3, -0.25) is 14.2 Å². The van der Waals surface area contributed by atoms with Gasteiger partial charge < -0.3 is 4.42 Å². The molecular formula is C17H16N2O3. The quantitative estimate of drug-likeness (QED) is 0.550. The third kappa shape index (κ3) is 2.06. The number of nitrogens with zero attached hydrogens (tertiary/aromatic N) is 2. The van der Waals surface area contributed by atoms with Crippen molar-refractivity contribution >= 4 is 22.1 Å². The SMILES string of the molecule is C=CCn1c(C(C)C)nc2oc3ccccc3c(=O)c2c1=O. The molecule has 0 atom stereocenters. The van der Waals surface area contributed by atoms with Gasteiger partial charge in [0.15, 0.2) is 5.39 Å². The van der Waals surface area contributed by atoms with Gasteiger partial charge in [0.25, 0.3) is 5.56 Å². The molecule has 22 heavy (non-hydrogen) atoms. The molecule has 112 valence electrons. The normalized spacial score (nSPS) is 11.4. The predicted molar refractivity (Wildman–Crippen MR) is 86.3 cm³/mol. The average Bonchev–Trinajstić information content (AvgIpc) is 2.49. The molecule has 2 aromatic heterocycles. The lowest BCUT2D eigenvalue weighted by Gasteiger charge is -2.13. The van der Waals surface area contributed by atoms with Gasteiger partial charge in [0.1, 0.15) is 11.4 Å². The van der Waals surface area contributed by atoms with Crippen LogP contribution in [0.25, 0.3) is 22.1 Å². The maximum Gasteiger partial charge on any atom is 0.269 e. The lowest BCUT2D eigenvalue weighted by Crippen LogP contribution is -2.29. The second-order valence-electron chi connectivity index (χ2n) is 5.44. The van der Waals surface area contributed by atoms with Crippen LogP contribution >= 0.6 is 0 Å². The van der Waals surface area contributed by atoms with Crippen LogP contribution in [-0.2, 0) is 6.54 Å². The number of hydrogen-bond donors (Lipinski definition) is 0. The summed E-state index contributed by atoms with van der Waals surface area (Å²) in [6.07, 6.45) is 1.61. The van der Waals surface area contributed by atoms with Crippen molar-refractivity contribution in [3.8, 4) is 0 Å². The van der Waals surface area contributed by atoms with E-state index in [0.29, 0.717) is 23.3 Å². The summed E-state index contributed by atoms with van der Waals surface area (Å²) in [5, 5.41) is 0.376. The fourth-order valence-corrected chi connectivity index (χ4v) is 2.55. The van der Waals surface area contributed by atoms with Crippen LogP contribution in [0.5, 0.6) is 0 Å². The molecule has 1 aromatic carbocycles. The molecule has 0 spiro atoms. The summed E-state index contributed by atoms with van der Waals surface area (Å²) in [6, 6.07) is 6.86. The monoisotopic (exact) mass is 296 g/mol. The Balaban J connectivity index is 2.55. The fourth-order valence-electron chi connectivity index (χ4n) is 2.55. The Kier molecular flexibility index (Phi) is 3.41. The van der Waals surface area contributed by atoms with Crippen molar-refractivity contribution in [2.45, 2.75) is 26.3 Å². The van der Waals surface area contributed by atoms with Gasteiger partial charge in [-0.15, -0.1) is 6.58 Å². The maximum atomic E-state index is 12.7. The molecule has 5 nitrogen and oxygen atoms in total. The molecule has 0 radical (unpaired) electrons. The van der Waals surface area contributed by atoms with Crippen LogP contribution in [0, 0.1) is 0 Å². The van der Waals surface area contributed by atoms with Crippen molar-refractivity contribution in [2.75, 3.05) is 0 Å². The molecule has 0 amide bonds. The van der Waals surface area contributed by atoms with Crippen molar-refractivity contribution in [3.63, 3.8) is 0 Å². The number of para-hydroxylation sites is 1. The molecule has 3 aromatic rings. The highest BCUT2D eigenvalue weighted by Crippen LogP contribution is 2.18. The van der Waals surface area contributed by atoms with Gasteiger partial charge in [0.05, 0.1) is 5.39 Å². The van der Waals surface area contributed by atoms with Crippen molar-refractivity contribution in [3.05, 3.63) is 63.3 Å². The highest BCUT2D eigenvalue weighted by atomic mass is 16.3. The Morgan fingerprint density at radius 1 is 1.32 bits per heavy atom. The lowest BCUT2D eigenvalue weighted by molar-refractivity contribution is 0.598. The molecule has 0 aliphatic rings. The van der Waals surface area contributed by atoms with E-state index >= 15 is 0 Å².